The van der Waals surface area contributed by atoms with E-state index in [1.54, 1.807) is 0 Å². The monoisotopic (exact) mass is 240 g/mol. The molecular weight excluding hydrogens is 224 g/mol. The van der Waals surface area contributed by atoms with Crippen molar-refractivity contribution in [3.05, 3.63) is 35.9 Å². The predicted molar refractivity (Wildman–Crippen MR) is 66.8 cm³/mol. The number of carbonyl (C=O) groups is 1. The van der Waals surface area contributed by atoms with Crippen LogP contribution in [0.4, 0.5) is 0 Å². The summed E-state index contributed by atoms with van der Waals surface area (Å²) in [5.41, 5.74) is 1.07. The molecule has 1 aromatic rings. The van der Waals surface area contributed by atoms with Gasteiger partial charge in [-0.2, -0.15) is 0 Å². The maximum absolute atomic E-state index is 11.6. The van der Waals surface area contributed by atoms with Crippen LogP contribution in [0.25, 0.3) is 0 Å². The van der Waals surface area contributed by atoms with E-state index in [4.69, 9.17) is 0 Å². The molecule has 4 heteroatoms. The van der Waals surface area contributed by atoms with Crippen molar-refractivity contribution in [2.24, 2.45) is 0 Å². The lowest BCUT2D eigenvalue weighted by atomic mass is 10.1. The topological polar surface area (TPSA) is 41.1 Å². The zero-order valence-electron chi connectivity index (χ0n) is 9.11. The number of rotatable bonds is 3. The molecule has 16 heavy (non-hydrogen) atoms. The molecule has 0 saturated carbocycles. The van der Waals surface area contributed by atoms with Crippen LogP contribution in [0.15, 0.2) is 30.3 Å². The Bertz CT molecular complexity index is 323. The first kappa shape index (κ1) is 13.0. The van der Waals surface area contributed by atoms with E-state index in [1.165, 1.54) is 0 Å². The van der Waals surface area contributed by atoms with Crippen molar-refractivity contribution < 1.29 is 4.79 Å². The van der Waals surface area contributed by atoms with Crippen molar-refractivity contribution in [3.8, 4) is 0 Å². The molecular formula is C12H17ClN2O. The smallest absolute Gasteiger partial charge is 0.224 e. The number of halogens is 1. The van der Waals surface area contributed by atoms with Crippen molar-refractivity contribution in [3.63, 3.8) is 0 Å². The Balaban J connectivity index is 0.00000128. The minimum atomic E-state index is 0. The summed E-state index contributed by atoms with van der Waals surface area (Å²) in [7, 11) is 0. The zero-order chi connectivity index (χ0) is 10.5. The first-order valence-electron chi connectivity index (χ1n) is 5.38. The second kappa shape index (κ2) is 6.51. The van der Waals surface area contributed by atoms with E-state index in [9.17, 15) is 4.79 Å². The highest BCUT2D eigenvalue weighted by molar-refractivity contribution is 5.85. The molecule has 0 bridgehead atoms. The van der Waals surface area contributed by atoms with E-state index in [2.05, 4.69) is 10.6 Å². The van der Waals surface area contributed by atoms with Gasteiger partial charge in [0.25, 0.3) is 0 Å². The molecule has 0 radical (unpaired) electrons. The Labute approximate surface area is 102 Å². The summed E-state index contributed by atoms with van der Waals surface area (Å²) in [6.45, 7) is 1.91. The predicted octanol–water partition coefficient (Wildman–Crippen LogP) is 1.13. The van der Waals surface area contributed by atoms with Gasteiger partial charge in [-0.3, -0.25) is 4.79 Å². The molecule has 2 N–H and O–H groups in total. The second-order valence-electron chi connectivity index (χ2n) is 3.92. The van der Waals surface area contributed by atoms with E-state index in [0.717, 1.165) is 25.1 Å². The fourth-order valence-electron chi connectivity index (χ4n) is 1.84. The largest absolute Gasteiger partial charge is 0.352 e. The molecule has 0 unspecified atom stereocenters. The van der Waals surface area contributed by atoms with Crippen LogP contribution in [0.1, 0.15) is 12.0 Å². The van der Waals surface area contributed by atoms with Crippen molar-refractivity contribution in [2.75, 3.05) is 13.1 Å². The third kappa shape index (κ3) is 3.83. The molecule has 1 atom stereocenters. The van der Waals surface area contributed by atoms with Crippen LogP contribution in [-0.2, 0) is 11.2 Å². The standard InChI is InChI=1S/C12H16N2O.ClH/c15-12(14-11-6-7-13-9-11)8-10-4-2-1-3-5-10;/h1-5,11,13H,6-9H2,(H,14,15);1H/t11-;/m0./s1. The Morgan fingerprint density at radius 1 is 1.38 bits per heavy atom. The number of carbonyl (C=O) groups excluding carboxylic acids is 1. The normalized spacial score (nSPS) is 18.9. The molecule has 1 aliphatic heterocycles. The first-order valence-corrected chi connectivity index (χ1v) is 5.38. The molecule has 0 spiro atoms. The zero-order valence-corrected chi connectivity index (χ0v) is 9.93. The molecule has 1 aliphatic rings. The summed E-state index contributed by atoms with van der Waals surface area (Å²) < 4.78 is 0. The van der Waals surface area contributed by atoms with E-state index in [0.29, 0.717) is 12.5 Å². The van der Waals surface area contributed by atoms with Gasteiger partial charge in [-0.05, 0) is 18.5 Å². The van der Waals surface area contributed by atoms with Gasteiger partial charge in [0.15, 0.2) is 0 Å². The summed E-state index contributed by atoms with van der Waals surface area (Å²) in [6, 6.07) is 10.2. The van der Waals surface area contributed by atoms with Gasteiger partial charge in [-0.1, -0.05) is 30.3 Å². The highest BCUT2D eigenvalue weighted by Crippen LogP contribution is 2.01. The summed E-state index contributed by atoms with van der Waals surface area (Å²) in [4.78, 5) is 11.6. The summed E-state index contributed by atoms with van der Waals surface area (Å²) in [6.07, 6.45) is 1.53. The maximum Gasteiger partial charge on any atom is 0.224 e. The summed E-state index contributed by atoms with van der Waals surface area (Å²) in [5.74, 6) is 0.120. The van der Waals surface area contributed by atoms with Gasteiger partial charge < -0.3 is 10.6 Å². The number of benzene rings is 1. The lowest BCUT2D eigenvalue weighted by Gasteiger charge is -2.10. The Morgan fingerprint density at radius 2 is 2.12 bits per heavy atom. The van der Waals surface area contributed by atoms with Crippen molar-refractivity contribution in [1.29, 1.82) is 0 Å². The van der Waals surface area contributed by atoms with Crippen molar-refractivity contribution >= 4 is 18.3 Å². The Kier molecular flexibility index (Phi) is 5.29. The summed E-state index contributed by atoms with van der Waals surface area (Å²) in [5, 5.41) is 6.25. The third-order valence-corrected chi connectivity index (χ3v) is 2.63. The molecule has 1 heterocycles. The average Bonchev–Trinajstić information content (AvgIpc) is 2.71. The van der Waals surface area contributed by atoms with Crippen LogP contribution in [0.3, 0.4) is 0 Å². The van der Waals surface area contributed by atoms with Crippen LogP contribution in [0, 0.1) is 0 Å². The number of amides is 1. The number of hydrogen-bond acceptors (Lipinski definition) is 2. The van der Waals surface area contributed by atoms with Crippen LogP contribution in [0.2, 0.25) is 0 Å². The number of nitrogens with one attached hydrogen (secondary N) is 2. The highest BCUT2D eigenvalue weighted by atomic mass is 35.5. The summed E-state index contributed by atoms with van der Waals surface area (Å²) >= 11 is 0. The molecule has 88 valence electrons. The highest BCUT2D eigenvalue weighted by Gasteiger charge is 2.16. The quantitative estimate of drug-likeness (QED) is 0.832. The van der Waals surface area contributed by atoms with Crippen molar-refractivity contribution in [1.82, 2.24) is 10.6 Å². The fraction of sp³-hybridized carbons (Fsp3) is 0.417. The van der Waals surface area contributed by atoms with Gasteiger partial charge in [0, 0.05) is 12.6 Å². The molecule has 0 aliphatic carbocycles. The molecule has 1 saturated heterocycles. The Morgan fingerprint density at radius 3 is 2.75 bits per heavy atom. The van der Waals surface area contributed by atoms with Gasteiger partial charge in [0.2, 0.25) is 5.91 Å². The van der Waals surface area contributed by atoms with Gasteiger partial charge in [0.1, 0.15) is 0 Å². The van der Waals surface area contributed by atoms with E-state index >= 15 is 0 Å². The lowest BCUT2D eigenvalue weighted by molar-refractivity contribution is -0.121. The van der Waals surface area contributed by atoms with Crippen molar-refractivity contribution in [2.45, 2.75) is 18.9 Å². The average molecular weight is 241 g/mol. The fourth-order valence-corrected chi connectivity index (χ4v) is 1.84. The van der Waals surface area contributed by atoms with Gasteiger partial charge in [0.05, 0.1) is 6.42 Å². The number of hydrogen-bond donors (Lipinski definition) is 2. The van der Waals surface area contributed by atoms with E-state index < -0.39 is 0 Å². The second-order valence-corrected chi connectivity index (χ2v) is 3.92. The van der Waals surface area contributed by atoms with Crippen LogP contribution in [-0.4, -0.2) is 25.0 Å². The van der Waals surface area contributed by atoms with E-state index in [1.807, 2.05) is 30.3 Å². The van der Waals surface area contributed by atoms with Gasteiger partial charge in [-0.25, -0.2) is 0 Å². The Hall–Kier alpha value is -1.06. The van der Waals surface area contributed by atoms with Crippen LogP contribution in [0.5, 0.6) is 0 Å². The van der Waals surface area contributed by atoms with Crippen LogP contribution < -0.4 is 10.6 Å². The SMILES string of the molecule is Cl.O=C(Cc1ccccc1)N[C@H]1CCNC1. The minimum absolute atomic E-state index is 0. The molecule has 1 aromatic carbocycles. The molecule has 2 rings (SSSR count). The molecule has 3 nitrogen and oxygen atoms in total. The van der Waals surface area contributed by atoms with Crippen LogP contribution >= 0.6 is 12.4 Å². The minimum Gasteiger partial charge on any atom is -0.352 e. The first-order chi connectivity index (χ1) is 7.34. The molecule has 1 amide bonds. The lowest BCUT2D eigenvalue weighted by Crippen LogP contribution is -2.37. The molecule has 0 aromatic heterocycles. The van der Waals surface area contributed by atoms with Gasteiger partial charge >= 0.3 is 0 Å². The molecule has 1 fully saturated rings. The van der Waals surface area contributed by atoms with E-state index in [-0.39, 0.29) is 18.3 Å². The van der Waals surface area contributed by atoms with Gasteiger partial charge in [-0.15, -0.1) is 12.4 Å². The maximum atomic E-state index is 11.6. The third-order valence-electron chi connectivity index (χ3n) is 2.63.